The van der Waals surface area contributed by atoms with Crippen molar-refractivity contribution in [2.45, 2.75) is 56.3 Å². The van der Waals surface area contributed by atoms with Crippen molar-refractivity contribution in [3.05, 3.63) is 36.0 Å². The van der Waals surface area contributed by atoms with E-state index in [4.69, 9.17) is 28.0 Å². The van der Waals surface area contributed by atoms with Crippen LogP contribution in [0.15, 0.2) is 35.5 Å². The lowest BCUT2D eigenvalue weighted by molar-refractivity contribution is -0.147. The summed E-state index contributed by atoms with van der Waals surface area (Å²) in [6.45, 7) is 0.0664. The maximum atomic E-state index is 13.5. The molecule has 1 aromatic heterocycles. The number of carboxylic acid groups (broad SMARTS) is 2. The molecule has 17 heteroatoms. The van der Waals surface area contributed by atoms with Gasteiger partial charge in [-0.1, -0.05) is 18.2 Å². The van der Waals surface area contributed by atoms with E-state index in [9.17, 15) is 33.9 Å². The summed E-state index contributed by atoms with van der Waals surface area (Å²) >= 11 is 0. The molecule has 1 heterocycles. The van der Waals surface area contributed by atoms with E-state index in [1.807, 2.05) is 6.07 Å². The molecule has 42 heavy (non-hydrogen) atoms. The van der Waals surface area contributed by atoms with Crippen molar-refractivity contribution in [3.63, 3.8) is 0 Å². The summed E-state index contributed by atoms with van der Waals surface area (Å²) in [5.74, 6) is -6.77. The summed E-state index contributed by atoms with van der Waals surface area (Å²) in [7, 11) is 0. The van der Waals surface area contributed by atoms with Gasteiger partial charge in [-0.2, -0.15) is 0 Å². The molecule has 2 aromatic rings. The molecule has 14 N–H and O–H groups in total. The summed E-state index contributed by atoms with van der Waals surface area (Å²) < 4.78 is 0. The number of fused-ring (bicyclic) bond motifs is 1. The first kappa shape index (κ1) is 33.0. The standard InChI is InChI=1S/C25H35N9O8/c26-14(9-19(27)35)21(38)33-17(8-12-11-31-15-5-2-1-4-13(12)15)23(40)32-16(6-3-7-30-25(28)29)22(39)34-18(24(41)42)10-20(36)37/h1-2,4-5,11,14,16-18,31H,3,6-10,26H2,(H2,27,35)(H,32,40)(H,33,38)(H,34,39)(H,36,37)(H,41,42)(H4,28,29,30). The summed E-state index contributed by atoms with van der Waals surface area (Å²) in [6.07, 6.45) is 0.266. The molecule has 2 rings (SSSR count). The highest BCUT2D eigenvalue weighted by molar-refractivity contribution is 5.96. The van der Waals surface area contributed by atoms with Crippen molar-refractivity contribution in [1.82, 2.24) is 20.9 Å². The molecular formula is C25H35N9O8. The molecule has 0 aliphatic carbocycles. The quantitative estimate of drug-likeness (QED) is 0.0503. The van der Waals surface area contributed by atoms with Crippen molar-refractivity contribution in [1.29, 1.82) is 0 Å². The molecule has 228 valence electrons. The van der Waals surface area contributed by atoms with Crippen LogP contribution in [0.1, 0.15) is 31.2 Å². The van der Waals surface area contributed by atoms with Gasteiger partial charge in [0.2, 0.25) is 23.6 Å². The first-order valence-corrected chi connectivity index (χ1v) is 12.8. The van der Waals surface area contributed by atoms with Gasteiger partial charge in [-0.25, -0.2) is 4.79 Å². The third-order valence-corrected chi connectivity index (χ3v) is 6.06. The third kappa shape index (κ3) is 10.4. The van der Waals surface area contributed by atoms with Crippen LogP contribution in [0.2, 0.25) is 0 Å². The van der Waals surface area contributed by atoms with Gasteiger partial charge in [-0.05, 0) is 24.5 Å². The highest BCUT2D eigenvalue weighted by Gasteiger charge is 2.31. The lowest BCUT2D eigenvalue weighted by atomic mass is 10.0. The van der Waals surface area contributed by atoms with Crippen molar-refractivity contribution < 1.29 is 39.0 Å². The summed E-state index contributed by atoms with van der Waals surface area (Å²) in [4.78, 5) is 80.0. The molecule has 0 saturated heterocycles. The van der Waals surface area contributed by atoms with Crippen LogP contribution < -0.4 is 38.9 Å². The minimum Gasteiger partial charge on any atom is -0.481 e. The first-order valence-electron chi connectivity index (χ1n) is 12.8. The fourth-order valence-electron chi connectivity index (χ4n) is 4.01. The number of aliphatic carboxylic acids is 2. The molecule has 0 bridgehead atoms. The second-order valence-electron chi connectivity index (χ2n) is 9.41. The molecule has 0 radical (unpaired) electrons. The Hall–Kier alpha value is -5.19. The number of aromatic nitrogens is 1. The van der Waals surface area contributed by atoms with Crippen molar-refractivity contribution in [3.8, 4) is 0 Å². The van der Waals surface area contributed by atoms with Crippen LogP contribution in [0, 0.1) is 0 Å². The summed E-state index contributed by atoms with van der Waals surface area (Å²) in [5, 5.41) is 26.2. The van der Waals surface area contributed by atoms with Crippen LogP contribution in [-0.2, 0) is 35.2 Å². The second-order valence-corrected chi connectivity index (χ2v) is 9.41. The van der Waals surface area contributed by atoms with Gasteiger partial charge < -0.3 is 54.1 Å². The van der Waals surface area contributed by atoms with E-state index in [0.29, 0.717) is 5.56 Å². The van der Waals surface area contributed by atoms with Crippen molar-refractivity contribution in [2.24, 2.45) is 27.9 Å². The topological polar surface area (TPSA) is 311 Å². The number of hydrogen-bond donors (Lipinski definition) is 10. The number of hydrogen-bond acceptors (Lipinski definition) is 8. The molecular weight excluding hydrogens is 554 g/mol. The van der Waals surface area contributed by atoms with Crippen LogP contribution in [-0.4, -0.2) is 87.4 Å². The minimum absolute atomic E-state index is 0.0655. The molecule has 4 atom stereocenters. The van der Waals surface area contributed by atoms with Crippen LogP contribution in [0.3, 0.4) is 0 Å². The Bertz CT molecular complexity index is 1340. The zero-order chi connectivity index (χ0) is 31.4. The number of carboxylic acids is 2. The van der Waals surface area contributed by atoms with Crippen molar-refractivity contribution >= 4 is 52.4 Å². The van der Waals surface area contributed by atoms with E-state index in [1.54, 1.807) is 24.4 Å². The summed E-state index contributed by atoms with van der Waals surface area (Å²) in [5.41, 5.74) is 22.9. The van der Waals surface area contributed by atoms with E-state index >= 15 is 0 Å². The highest BCUT2D eigenvalue weighted by atomic mass is 16.4. The van der Waals surface area contributed by atoms with E-state index in [0.717, 1.165) is 10.9 Å². The van der Waals surface area contributed by atoms with Gasteiger partial charge in [-0.3, -0.25) is 29.0 Å². The predicted octanol–water partition coefficient (Wildman–Crippen LogP) is -3.02. The van der Waals surface area contributed by atoms with E-state index in [1.165, 1.54) is 0 Å². The number of carbonyl (C=O) groups is 6. The molecule has 0 saturated carbocycles. The van der Waals surface area contributed by atoms with E-state index in [-0.39, 0.29) is 31.8 Å². The van der Waals surface area contributed by atoms with Crippen LogP contribution >= 0.6 is 0 Å². The Labute approximate surface area is 239 Å². The number of nitrogens with zero attached hydrogens (tertiary/aromatic N) is 1. The Balaban J connectivity index is 2.33. The number of nitrogens with two attached hydrogens (primary N) is 4. The number of nitrogens with one attached hydrogen (secondary N) is 4. The number of carbonyl (C=O) groups excluding carboxylic acids is 4. The Kier molecular flexibility index (Phi) is 12.2. The van der Waals surface area contributed by atoms with Gasteiger partial charge >= 0.3 is 11.9 Å². The zero-order valence-corrected chi connectivity index (χ0v) is 22.5. The van der Waals surface area contributed by atoms with Crippen LogP contribution in [0.25, 0.3) is 10.9 Å². The SMILES string of the molecule is NC(=O)CC(N)C(=O)NC(Cc1c[nH]c2ccccc12)C(=O)NC(CCCN=C(N)N)C(=O)NC(CC(=O)O)C(=O)O. The van der Waals surface area contributed by atoms with Crippen LogP contribution in [0.4, 0.5) is 0 Å². The molecule has 4 unspecified atom stereocenters. The number of aromatic amines is 1. The van der Waals surface area contributed by atoms with Gasteiger partial charge in [0.15, 0.2) is 5.96 Å². The van der Waals surface area contributed by atoms with Crippen molar-refractivity contribution in [2.75, 3.05) is 6.54 Å². The number of amides is 4. The van der Waals surface area contributed by atoms with Gasteiger partial charge in [0.05, 0.1) is 18.9 Å². The molecule has 0 aliphatic rings. The molecule has 0 spiro atoms. The first-order chi connectivity index (χ1) is 19.8. The number of rotatable bonds is 17. The van der Waals surface area contributed by atoms with Gasteiger partial charge in [0.1, 0.15) is 18.1 Å². The van der Waals surface area contributed by atoms with Crippen LogP contribution in [0.5, 0.6) is 0 Å². The Morgan fingerprint density at radius 1 is 0.857 bits per heavy atom. The van der Waals surface area contributed by atoms with Gasteiger partial charge in [0.25, 0.3) is 0 Å². The van der Waals surface area contributed by atoms with E-state index < -0.39 is 72.6 Å². The van der Waals surface area contributed by atoms with Gasteiger partial charge in [-0.15, -0.1) is 0 Å². The smallest absolute Gasteiger partial charge is 0.326 e. The molecule has 17 nitrogen and oxygen atoms in total. The fraction of sp³-hybridized carbons (Fsp3) is 0.400. The lowest BCUT2D eigenvalue weighted by Gasteiger charge is -2.25. The third-order valence-electron chi connectivity index (χ3n) is 6.06. The monoisotopic (exact) mass is 589 g/mol. The lowest BCUT2D eigenvalue weighted by Crippen LogP contribution is -2.58. The highest BCUT2D eigenvalue weighted by Crippen LogP contribution is 2.19. The Morgan fingerprint density at radius 2 is 1.48 bits per heavy atom. The molecule has 0 fully saturated rings. The molecule has 0 aliphatic heterocycles. The average Bonchev–Trinajstić information content (AvgIpc) is 3.31. The Morgan fingerprint density at radius 3 is 2.10 bits per heavy atom. The fourth-order valence-corrected chi connectivity index (χ4v) is 4.01. The zero-order valence-electron chi connectivity index (χ0n) is 22.5. The maximum absolute atomic E-state index is 13.5. The number of primary amides is 1. The number of guanidine groups is 1. The average molecular weight is 590 g/mol. The van der Waals surface area contributed by atoms with Gasteiger partial charge in [0, 0.05) is 30.1 Å². The normalized spacial score (nSPS) is 13.6. The largest absolute Gasteiger partial charge is 0.481 e. The second kappa shape index (κ2) is 15.6. The number of H-pyrrole nitrogens is 1. The summed E-state index contributed by atoms with van der Waals surface area (Å²) in [6, 6.07) is 1.38. The maximum Gasteiger partial charge on any atom is 0.326 e. The number of benzene rings is 1. The molecule has 1 aromatic carbocycles. The molecule has 4 amide bonds. The predicted molar refractivity (Wildman–Crippen MR) is 149 cm³/mol. The number of para-hydroxylation sites is 1. The number of aliphatic imine (C=N–C) groups is 1. The van der Waals surface area contributed by atoms with E-state index in [2.05, 4.69) is 25.9 Å². The minimum atomic E-state index is -1.78.